The second kappa shape index (κ2) is 10.2. The second-order valence-corrected chi connectivity index (χ2v) is 4.42. The van der Waals surface area contributed by atoms with Gasteiger partial charge >= 0.3 is 11.9 Å². The van der Waals surface area contributed by atoms with Crippen LogP contribution in [-0.2, 0) is 19.1 Å². The van der Waals surface area contributed by atoms with Gasteiger partial charge in [-0.25, -0.2) is 9.59 Å². The largest absolute Gasteiger partial charge is 0.463 e. The van der Waals surface area contributed by atoms with Crippen molar-refractivity contribution in [1.29, 1.82) is 0 Å². The maximum absolute atomic E-state index is 11.3. The van der Waals surface area contributed by atoms with Crippen LogP contribution in [0.5, 0.6) is 0 Å². The van der Waals surface area contributed by atoms with Gasteiger partial charge < -0.3 is 9.47 Å². The molecule has 0 aliphatic heterocycles. The molecule has 116 valence electrons. The van der Waals surface area contributed by atoms with E-state index < -0.39 is 11.9 Å². The monoisotopic (exact) mass is 300 g/mol. The molecule has 22 heavy (non-hydrogen) atoms. The summed E-state index contributed by atoms with van der Waals surface area (Å²) in [6, 6.07) is 9.93. The summed E-state index contributed by atoms with van der Waals surface area (Å²) in [7, 11) is 0. The van der Waals surface area contributed by atoms with E-state index in [1.165, 1.54) is 0 Å². The Morgan fingerprint density at radius 3 is 2.27 bits per heavy atom. The van der Waals surface area contributed by atoms with Crippen molar-refractivity contribution in [2.75, 3.05) is 13.2 Å². The first-order valence-corrected chi connectivity index (χ1v) is 7.03. The molecule has 0 N–H and O–H groups in total. The van der Waals surface area contributed by atoms with Gasteiger partial charge in [0.2, 0.25) is 0 Å². The van der Waals surface area contributed by atoms with E-state index >= 15 is 0 Å². The Kier molecular flexibility index (Phi) is 8.05. The zero-order valence-electron chi connectivity index (χ0n) is 12.8. The highest BCUT2D eigenvalue weighted by molar-refractivity contribution is 5.91. The predicted octanol–water partition coefficient (Wildman–Crippen LogP) is 3.31. The van der Waals surface area contributed by atoms with Gasteiger partial charge in [-0.3, -0.25) is 0 Å². The zero-order chi connectivity index (χ0) is 16.2. The van der Waals surface area contributed by atoms with Crippen molar-refractivity contribution >= 4 is 18.0 Å². The molecule has 0 aliphatic rings. The van der Waals surface area contributed by atoms with E-state index in [9.17, 15) is 9.59 Å². The summed E-state index contributed by atoms with van der Waals surface area (Å²) in [4.78, 5) is 22.3. The molecule has 0 saturated carbocycles. The third kappa shape index (κ3) is 7.85. The van der Waals surface area contributed by atoms with E-state index in [4.69, 9.17) is 4.74 Å². The van der Waals surface area contributed by atoms with Crippen molar-refractivity contribution in [2.24, 2.45) is 0 Å². The van der Waals surface area contributed by atoms with Crippen LogP contribution < -0.4 is 0 Å². The summed E-state index contributed by atoms with van der Waals surface area (Å²) >= 11 is 0. The average Bonchev–Trinajstić information content (AvgIpc) is 2.51. The fourth-order valence-corrected chi connectivity index (χ4v) is 1.60. The lowest BCUT2D eigenvalue weighted by Crippen LogP contribution is -2.04. The molecule has 0 aliphatic carbocycles. The Hall–Kier alpha value is -2.62. The lowest BCUT2D eigenvalue weighted by atomic mass is 10.1. The Morgan fingerprint density at radius 1 is 1.00 bits per heavy atom. The minimum absolute atomic E-state index is 0.145. The summed E-state index contributed by atoms with van der Waals surface area (Å²) in [5.41, 5.74) is 2.16. The quantitative estimate of drug-likeness (QED) is 0.440. The first-order chi connectivity index (χ1) is 10.6. The maximum atomic E-state index is 11.3. The van der Waals surface area contributed by atoms with Gasteiger partial charge in [-0.05, 0) is 25.5 Å². The van der Waals surface area contributed by atoms with Gasteiger partial charge in [0.15, 0.2) is 0 Å². The molecular formula is C18H20O4. The molecule has 0 spiro atoms. The first kappa shape index (κ1) is 17.4. The standard InChI is InChI=1S/C18H20O4/c1-3-21-17(19)11-12-18(20)22-13-7-8-15(2)14-16-9-5-4-6-10-16/h4-12,14H,3,13H2,1-2H3/b8-7+,12-11-,15-14+. The van der Waals surface area contributed by atoms with Crippen LogP contribution in [0.15, 0.2) is 60.2 Å². The molecule has 0 amide bonds. The van der Waals surface area contributed by atoms with Crippen molar-refractivity contribution in [2.45, 2.75) is 13.8 Å². The van der Waals surface area contributed by atoms with Gasteiger partial charge in [-0.1, -0.05) is 48.1 Å². The van der Waals surface area contributed by atoms with Crippen LogP contribution in [0.25, 0.3) is 6.08 Å². The normalized spacial score (nSPS) is 11.8. The molecule has 0 heterocycles. The van der Waals surface area contributed by atoms with Crippen LogP contribution in [0.2, 0.25) is 0 Å². The SMILES string of the molecule is CCOC(=O)/C=C\C(=O)OC/C=C/C(C)=C/c1ccccc1. The molecule has 0 aromatic heterocycles. The van der Waals surface area contributed by atoms with Crippen LogP contribution in [0.3, 0.4) is 0 Å². The Labute approximate surface area is 130 Å². The molecule has 1 aromatic carbocycles. The minimum atomic E-state index is -0.581. The molecule has 0 bridgehead atoms. The lowest BCUT2D eigenvalue weighted by Gasteiger charge is -1.98. The number of carbonyl (C=O) groups is 2. The van der Waals surface area contributed by atoms with Crippen LogP contribution in [-0.4, -0.2) is 25.2 Å². The molecule has 0 radical (unpaired) electrons. The molecule has 0 unspecified atom stereocenters. The number of hydrogen-bond donors (Lipinski definition) is 0. The summed E-state index contributed by atoms with van der Waals surface area (Å²) in [6.45, 7) is 4.08. The second-order valence-electron chi connectivity index (χ2n) is 4.42. The third-order valence-corrected chi connectivity index (χ3v) is 2.54. The third-order valence-electron chi connectivity index (χ3n) is 2.54. The Bertz CT molecular complexity index is 568. The van der Waals surface area contributed by atoms with E-state index in [0.717, 1.165) is 23.3 Å². The maximum Gasteiger partial charge on any atom is 0.331 e. The summed E-state index contributed by atoms with van der Waals surface area (Å²) in [5, 5.41) is 0. The lowest BCUT2D eigenvalue weighted by molar-refractivity contribution is -0.139. The molecule has 0 fully saturated rings. The molecule has 1 aromatic rings. The Morgan fingerprint density at radius 2 is 1.64 bits per heavy atom. The van der Waals surface area contributed by atoms with Crippen molar-refractivity contribution < 1.29 is 19.1 Å². The topological polar surface area (TPSA) is 52.6 Å². The highest BCUT2D eigenvalue weighted by Gasteiger charge is 1.98. The number of esters is 2. The highest BCUT2D eigenvalue weighted by atomic mass is 16.5. The number of ether oxygens (including phenoxy) is 2. The van der Waals surface area contributed by atoms with E-state index in [1.807, 2.05) is 49.4 Å². The van der Waals surface area contributed by atoms with Crippen molar-refractivity contribution in [3.05, 3.63) is 65.8 Å². The molecule has 4 nitrogen and oxygen atoms in total. The summed E-state index contributed by atoms with van der Waals surface area (Å²) in [5.74, 6) is -1.14. The molecular weight excluding hydrogens is 280 g/mol. The van der Waals surface area contributed by atoms with E-state index in [-0.39, 0.29) is 13.2 Å². The Balaban J connectivity index is 2.35. The molecule has 0 atom stereocenters. The number of carbonyl (C=O) groups excluding carboxylic acids is 2. The van der Waals surface area contributed by atoms with Gasteiger partial charge in [0.25, 0.3) is 0 Å². The average molecular weight is 300 g/mol. The highest BCUT2D eigenvalue weighted by Crippen LogP contribution is 2.06. The number of allylic oxidation sites excluding steroid dienone is 2. The predicted molar refractivity (Wildman–Crippen MR) is 86.0 cm³/mol. The number of hydrogen-bond acceptors (Lipinski definition) is 4. The van der Waals surface area contributed by atoms with Gasteiger partial charge in [0.1, 0.15) is 6.61 Å². The summed E-state index contributed by atoms with van der Waals surface area (Å²) in [6.07, 6.45) is 7.74. The smallest absolute Gasteiger partial charge is 0.331 e. The summed E-state index contributed by atoms with van der Waals surface area (Å²) < 4.78 is 9.57. The van der Waals surface area contributed by atoms with E-state index in [1.54, 1.807) is 13.0 Å². The molecule has 0 saturated heterocycles. The van der Waals surface area contributed by atoms with Gasteiger partial charge in [0.05, 0.1) is 6.61 Å². The van der Waals surface area contributed by atoms with Gasteiger partial charge in [-0.2, -0.15) is 0 Å². The molecule has 4 heteroatoms. The number of benzene rings is 1. The van der Waals surface area contributed by atoms with E-state index in [0.29, 0.717) is 0 Å². The van der Waals surface area contributed by atoms with Crippen molar-refractivity contribution in [3.63, 3.8) is 0 Å². The minimum Gasteiger partial charge on any atom is -0.463 e. The fraction of sp³-hybridized carbons (Fsp3) is 0.222. The van der Waals surface area contributed by atoms with E-state index in [2.05, 4.69) is 4.74 Å². The van der Waals surface area contributed by atoms with Crippen LogP contribution in [0.4, 0.5) is 0 Å². The first-order valence-electron chi connectivity index (χ1n) is 7.03. The fourth-order valence-electron chi connectivity index (χ4n) is 1.60. The van der Waals surface area contributed by atoms with Crippen LogP contribution in [0, 0.1) is 0 Å². The van der Waals surface area contributed by atoms with Crippen molar-refractivity contribution in [1.82, 2.24) is 0 Å². The van der Waals surface area contributed by atoms with Crippen LogP contribution in [0.1, 0.15) is 19.4 Å². The number of rotatable bonds is 7. The molecule has 1 rings (SSSR count). The van der Waals surface area contributed by atoms with Gasteiger partial charge in [-0.15, -0.1) is 0 Å². The van der Waals surface area contributed by atoms with Crippen molar-refractivity contribution in [3.8, 4) is 0 Å². The van der Waals surface area contributed by atoms with Gasteiger partial charge in [0, 0.05) is 12.2 Å². The zero-order valence-corrected chi connectivity index (χ0v) is 12.8. The van der Waals surface area contributed by atoms with Crippen LogP contribution >= 0.6 is 0 Å².